The van der Waals surface area contributed by atoms with Gasteiger partial charge in [-0.05, 0) is 24.1 Å². The third-order valence-corrected chi connectivity index (χ3v) is 3.88. The first kappa shape index (κ1) is 14.9. The van der Waals surface area contributed by atoms with Crippen LogP contribution in [0.3, 0.4) is 0 Å². The van der Waals surface area contributed by atoms with E-state index in [4.69, 9.17) is 5.73 Å². The summed E-state index contributed by atoms with van der Waals surface area (Å²) in [5.74, 6) is 0.232. The topological polar surface area (TPSA) is 80.9 Å². The normalized spacial score (nSPS) is 10.8. The van der Waals surface area contributed by atoms with Crippen LogP contribution in [0.1, 0.15) is 29.2 Å². The van der Waals surface area contributed by atoms with Gasteiger partial charge in [0, 0.05) is 16.6 Å². The van der Waals surface area contributed by atoms with E-state index < -0.39 is 0 Å². The van der Waals surface area contributed by atoms with Gasteiger partial charge < -0.3 is 5.73 Å². The number of hydrogen-bond acceptors (Lipinski definition) is 5. The number of nitrogen functional groups attached to an aromatic ring is 1. The molecule has 2 aromatic rings. The molecule has 0 fully saturated rings. The molecule has 2 rings (SSSR count). The summed E-state index contributed by atoms with van der Waals surface area (Å²) in [7, 11) is 0. The Morgan fingerprint density at radius 1 is 1.45 bits per heavy atom. The summed E-state index contributed by atoms with van der Waals surface area (Å²) in [4.78, 5) is 12.1. The van der Waals surface area contributed by atoms with Crippen LogP contribution in [0.5, 0.6) is 0 Å². The van der Waals surface area contributed by atoms with Gasteiger partial charge in [-0.3, -0.25) is 10.1 Å². The van der Waals surface area contributed by atoms with Gasteiger partial charge in [-0.1, -0.05) is 41.1 Å². The fourth-order valence-electron chi connectivity index (χ4n) is 1.64. The largest absolute Gasteiger partial charge is 0.398 e. The molecule has 0 aliphatic carbocycles. The lowest BCUT2D eigenvalue weighted by Gasteiger charge is -2.05. The molecular formula is C13H15BrN4OS. The zero-order valence-corrected chi connectivity index (χ0v) is 13.6. The SMILES string of the molecule is CC(C)Cc1nnc(NC(=O)c2ccc(Br)cc2N)s1. The highest BCUT2D eigenvalue weighted by atomic mass is 79.9. The van der Waals surface area contributed by atoms with Gasteiger partial charge in [0.1, 0.15) is 5.01 Å². The Morgan fingerprint density at radius 2 is 2.20 bits per heavy atom. The molecular weight excluding hydrogens is 340 g/mol. The Bertz CT molecular complexity index is 627. The van der Waals surface area contributed by atoms with Crippen molar-refractivity contribution in [3.8, 4) is 0 Å². The Labute approximate surface area is 129 Å². The number of aromatic nitrogens is 2. The summed E-state index contributed by atoms with van der Waals surface area (Å²) >= 11 is 4.70. The number of nitrogens with one attached hydrogen (secondary N) is 1. The molecule has 0 spiro atoms. The number of carbonyl (C=O) groups is 1. The van der Waals surface area contributed by atoms with Crippen molar-refractivity contribution in [3.05, 3.63) is 33.2 Å². The number of hydrogen-bond donors (Lipinski definition) is 2. The number of nitrogens with two attached hydrogens (primary N) is 1. The highest BCUT2D eigenvalue weighted by Crippen LogP contribution is 2.22. The van der Waals surface area contributed by atoms with Crippen LogP contribution in [-0.2, 0) is 6.42 Å². The number of nitrogens with zero attached hydrogens (tertiary/aromatic N) is 2. The second kappa shape index (κ2) is 6.32. The van der Waals surface area contributed by atoms with E-state index in [0.29, 0.717) is 22.3 Å². The number of rotatable bonds is 4. The Kier molecular flexibility index (Phi) is 4.72. The molecule has 0 radical (unpaired) electrons. The molecule has 0 atom stereocenters. The molecule has 7 heteroatoms. The van der Waals surface area contributed by atoms with Crippen molar-refractivity contribution in [2.24, 2.45) is 5.92 Å². The van der Waals surface area contributed by atoms with E-state index in [9.17, 15) is 4.79 Å². The molecule has 3 N–H and O–H groups in total. The van der Waals surface area contributed by atoms with Gasteiger partial charge in [0.05, 0.1) is 5.56 Å². The second-order valence-electron chi connectivity index (χ2n) is 4.78. The predicted octanol–water partition coefficient (Wildman–Crippen LogP) is 3.33. The maximum absolute atomic E-state index is 12.1. The zero-order valence-electron chi connectivity index (χ0n) is 11.2. The molecule has 20 heavy (non-hydrogen) atoms. The molecule has 0 saturated carbocycles. The lowest BCUT2D eigenvalue weighted by molar-refractivity contribution is 0.102. The summed E-state index contributed by atoms with van der Waals surface area (Å²) in [5, 5.41) is 12.2. The number of carbonyl (C=O) groups excluding carboxylic acids is 1. The molecule has 5 nitrogen and oxygen atoms in total. The van der Waals surface area contributed by atoms with Crippen LogP contribution in [-0.4, -0.2) is 16.1 Å². The number of benzene rings is 1. The van der Waals surface area contributed by atoms with Crippen molar-refractivity contribution in [2.45, 2.75) is 20.3 Å². The minimum atomic E-state index is -0.276. The summed E-state index contributed by atoms with van der Waals surface area (Å²) in [6, 6.07) is 5.14. The molecule has 0 aliphatic heterocycles. The Hall–Kier alpha value is -1.47. The first-order chi connectivity index (χ1) is 9.45. The highest BCUT2D eigenvalue weighted by molar-refractivity contribution is 9.10. The highest BCUT2D eigenvalue weighted by Gasteiger charge is 2.13. The fourth-order valence-corrected chi connectivity index (χ4v) is 2.97. The van der Waals surface area contributed by atoms with E-state index in [1.54, 1.807) is 18.2 Å². The van der Waals surface area contributed by atoms with Crippen molar-refractivity contribution in [1.82, 2.24) is 10.2 Å². The third kappa shape index (κ3) is 3.77. The van der Waals surface area contributed by atoms with Gasteiger partial charge in [-0.15, -0.1) is 10.2 Å². The van der Waals surface area contributed by atoms with Crippen molar-refractivity contribution >= 4 is 44.0 Å². The predicted molar refractivity (Wildman–Crippen MR) is 85.0 cm³/mol. The second-order valence-corrected chi connectivity index (χ2v) is 6.76. The van der Waals surface area contributed by atoms with Crippen molar-refractivity contribution < 1.29 is 4.79 Å². The van der Waals surface area contributed by atoms with Gasteiger partial charge in [0.15, 0.2) is 0 Å². The number of amides is 1. The summed E-state index contributed by atoms with van der Waals surface area (Å²) in [6.45, 7) is 4.23. The Morgan fingerprint density at radius 3 is 2.85 bits per heavy atom. The van der Waals surface area contributed by atoms with E-state index in [1.165, 1.54) is 11.3 Å². The number of anilines is 2. The molecule has 0 unspecified atom stereocenters. The lowest BCUT2D eigenvalue weighted by Crippen LogP contribution is -2.13. The summed E-state index contributed by atoms with van der Waals surface area (Å²) in [5.41, 5.74) is 6.67. The standard InChI is InChI=1S/C13H15BrN4OS/c1-7(2)5-11-17-18-13(20-11)16-12(19)9-4-3-8(14)6-10(9)15/h3-4,6-7H,5,15H2,1-2H3,(H,16,18,19). The van der Waals surface area contributed by atoms with E-state index >= 15 is 0 Å². The minimum Gasteiger partial charge on any atom is -0.398 e. The molecule has 106 valence electrons. The van der Waals surface area contributed by atoms with E-state index in [0.717, 1.165) is 15.9 Å². The van der Waals surface area contributed by atoms with E-state index in [2.05, 4.69) is 45.3 Å². The van der Waals surface area contributed by atoms with Crippen LogP contribution in [0.15, 0.2) is 22.7 Å². The van der Waals surface area contributed by atoms with Gasteiger partial charge in [-0.25, -0.2) is 0 Å². The van der Waals surface area contributed by atoms with Gasteiger partial charge in [-0.2, -0.15) is 0 Å². The Balaban J connectivity index is 2.09. The molecule has 0 saturated heterocycles. The van der Waals surface area contributed by atoms with Crippen LogP contribution in [0.4, 0.5) is 10.8 Å². The molecule has 1 heterocycles. The molecule has 1 aromatic carbocycles. The zero-order chi connectivity index (χ0) is 14.7. The quantitative estimate of drug-likeness (QED) is 0.825. The lowest BCUT2D eigenvalue weighted by atomic mass is 10.1. The van der Waals surface area contributed by atoms with Gasteiger partial charge in [0.25, 0.3) is 5.91 Å². The average Bonchev–Trinajstić information content (AvgIpc) is 2.75. The summed E-state index contributed by atoms with van der Waals surface area (Å²) in [6.07, 6.45) is 0.855. The van der Waals surface area contributed by atoms with Crippen LogP contribution < -0.4 is 11.1 Å². The molecule has 1 aromatic heterocycles. The van der Waals surface area contributed by atoms with Crippen molar-refractivity contribution in [1.29, 1.82) is 0 Å². The maximum Gasteiger partial charge on any atom is 0.259 e. The van der Waals surface area contributed by atoms with Crippen LogP contribution in [0.25, 0.3) is 0 Å². The summed E-state index contributed by atoms with van der Waals surface area (Å²) < 4.78 is 0.835. The molecule has 0 aliphatic rings. The maximum atomic E-state index is 12.1. The first-order valence-corrected chi connectivity index (χ1v) is 7.75. The fraction of sp³-hybridized carbons (Fsp3) is 0.308. The number of halogens is 1. The van der Waals surface area contributed by atoms with Crippen molar-refractivity contribution in [2.75, 3.05) is 11.1 Å². The third-order valence-electron chi connectivity index (χ3n) is 2.53. The first-order valence-electron chi connectivity index (χ1n) is 6.14. The monoisotopic (exact) mass is 354 g/mol. The van der Waals surface area contributed by atoms with Gasteiger partial charge >= 0.3 is 0 Å². The molecule has 0 bridgehead atoms. The van der Waals surface area contributed by atoms with Crippen molar-refractivity contribution in [3.63, 3.8) is 0 Å². The van der Waals surface area contributed by atoms with Crippen LogP contribution >= 0.6 is 27.3 Å². The van der Waals surface area contributed by atoms with Crippen LogP contribution in [0, 0.1) is 5.92 Å². The smallest absolute Gasteiger partial charge is 0.259 e. The van der Waals surface area contributed by atoms with E-state index in [-0.39, 0.29) is 5.91 Å². The van der Waals surface area contributed by atoms with Crippen LogP contribution in [0.2, 0.25) is 0 Å². The molecule has 1 amide bonds. The average molecular weight is 355 g/mol. The van der Waals surface area contributed by atoms with E-state index in [1.807, 2.05) is 0 Å². The van der Waals surface area contributed by atoms with Gasteiger partial charge in [0.2, 0.25) is 5.13 Å². The minimum absolute atomic E-state index is 0.276.